The number of fused-ring (bicyclic) bond motifs is 1. The van der Waals surface area contributed by atoms with Crippen molar-refractivity contribution in [2.45, 2.75) is 38.1 Å². The van der Waals surface area contributed by atoms with Crippen molar-refractivity contribution in [2.75, 3.05) is 6.61 Å². The van der Waals surface area contributed by atoms with Crippen molar-refractivity contribution in [3.05, 3.63) is 29.8 Å². The molecule has 1 N–H and O–H groups in total. The van der Waals surface area contributed by atoms with E-state index in [1.807, 2.05) is 18.2 Å². The predicted molar refractivity (Wildman–Crippen MR) is 69.4 cm³/mol. The Morgan fingerprint density at radius 3 is 2.78 bits per heavy atom. The smallest absolute Gasteiger partial charge is 0.223 e. The number of carbonyl (C=O) groups excluding carboxylic acids is 1. The van der Waals surface area contributed by atoms with Crippen LogP contribution in [0.25, 0.3) is 0 Å². The molecule has 1 aromatic rings. The summed E-state index contributed by atoms with van der Waals surface area (Å²) in [4.78, 5) is 12.1. The Morgan fingerprint density at radius 1 is 1.17 bits per heavy atom. The average Bonchev–Trinajstić information content (AvgIpc) is 2.50. The molecule has 1 fully saturated rings. The summed E-state index contributed by atoms with van der Waals surface area (Å²) in [6, 6.07) is 8.16. The first-order chi connectivity index (χ1) is 8.84. The Hall–Kier alpha value is -1.51. The normalized spacial score (nSPS) is 23.2. The van der Waals surface area contributed by atoms with Crippen LogP contribution in [0.15, 0.2) is 24.3 Å². The second-order valence-corrected chi connectivity index (χ2v) is 5.22. The monoisotopic (exact) mass is 245 g/mol. The van der Waals surface area contributed by atoms with Crippen LogP contribution in [-0.4, -0.2) is 12.5 Å². The highest BCUT2D eigenvalue weighted by Crippen LogP contribution is 2.33. The van der Waals surface area contributed by atoms with E-state index >= 15 is 0 Å². The van der Waals surface area contributed by atoms with Gasteiger partial charge in [0, 0.05) is 11.5 Å². The van der Waals surface area contributed by atoms with Crippen molar-refractivity contribution >= 4 is 5.91 Å². The Morgan fingerprint density at radius 2 is 2.00 bits per heavy atom. The van der Waals surface area contributed by atoms with Crippen LogP contribution in [0.3, 0.4) is 0 Å². The van der Waals surface area contributed by atoms with Gasteiger partial charge in [-0.25, -0.2) is 0 Å². The van der Waals surface area contributed by atoms with E-state index in [1.54, 1.807) is 0 Å². The van der Waals surface area contributed by atoms with Gasteiger partial charge in [0.15, 0.2) is 0 Å². The van der Waals surface area contributed by atoms with Crippen LogP contribution in [0.4, 0.5) is 0 Å². The highest BCUT2D eigenvalue weighted by molar-refractivity contribution is 5.80. The third-order valence-electron chi connectivity index (χ3n) is 3.98. The molecule has 0 unspecified atom stereocenters. The Bertz CT molecular complexity index is 440. The Balaban J connectivity index is 1.76. The fourth-order valence-electron chi connectivity index (χ4n) is 2.63. The average molecular weight is 245 g/mol. The molecule has 1 aromatic carbocycles. The van der Waals surface area contributed by atoms with Crippen LogP contribution in [0, 0.1) is 5.92 Å². The Kier molecular flexibility index (Phi) is 3.22. The summed E-state index contributed by atoms with van der Waals surface area (Å²) in [5, 5.41) is 3.20. The van der Waals surface area contributed by atoms with Crippen LogP contribution in [-0.2, 0) is 4.79 Å². The summed E-state index contributed by atoms with van der Waals surface area (Å²) < 4.78 is 5.71. The highest BCUT2D eigenvalue weighted by atomic mass is 16.5. The van der Waals surface area contributed by atoms with E-state index in [1.165, 1.54) is 6.42 Å². The fourth-order valence-corrected chi connectivity index (χ4v) is 2.63. The van der Waals surface area contributed by atoms with Gasteiger partial charge in [0.2, 0.25) is 5.91 Å². The lowest BCUT2D eigenvalue weighted by molar-refractivity contribution is -0.128. The van der Waals surface area contributed by atoms with Gasteiger partial charge in [0.25, 0.3) is 0 Å². The van der Waals surface area contributed by atoms with Crippen molar-refractivity contribution < 1.29 is 9.53 Å². The van der Waals surface area contributed by atoms with Gasteiger partial charge < -0.3 is 10.1 Å². The number of hydrogen-bond acceptors (Lipinski definition) is 2. The van der Waals surface area contributed by atoms with Gasteiger partial charge >= 0.3 is 0 Å². The molecule has 1 heterocycles. The number of carbonyl (C=O) groups is 1. The summed E-state index contributed by atoms with van der Waals surface area (Å²) >= 11 is 0. The van der Waals surface area contributed by atoms with E-state index in [-0.39, 0.29) is 17.9 Å². The van der Waals surface area contributed by atoms with Gasteiger partial charge in [-0.3, -0.25) is 4.79 Å². The quantitative estimate of drug-likeness (QED) is 0.870. The highest BCUT2D eigenvalue weighted by Gasteiger charge is 2.28. The summed E-state index contributed by atoms with van der Waals surface area (Å²) in [7, 11) is 0. The lowest BCUT2D eigenvalue weighted by atomic mass is 9.84. The summed E-state index contributed by atoms with van der Waals surface area (Å²) in [5.41, 5.74) is 1.13. The van der Waals surface area contributed by atoms with Crippen molar-refractivity contribution in [2.24, 2.45) is 5.92 Å². The number of nitrogens with one attached hydrogen (secondary N) is 1. The molecular formula is C15H19NO2. The zero-order valence-electron chi connectivity index (χ0n) is 10.5. The summed E-state index contributed by atoms with van der Waals surface area (Å²) in [6.45, 7) is 0.743. The number of rotatable bonds is 2. The lowest BCUT2D eigenvalue weighted by Crippen LogP contribution is -2.36. The number of hydrogen-bond donors (Lipinski definition) is 1. The first kappa shape index (κ1) is 11.6. The van der Waals surface area contributed by atoms with Crippen LogP contribution in [0.2, 0.25) is 0 Å². The molecule has 0 bridgehead atoms. The van der Waals surface area contributed by atoms with E-state index in [0.29, 0.717) is 0 Å². The molecule has 96 valence electrons. The van der Waals surface area contributed by atoms with Gasteiger partial charge in [-0.15, -0.1) is 0 Å². The third kappa shape index (κ3) is 2.22. The maximum absolute atomic E-state index is 12.1. The fraction of sp³-hybridized carbons (Fsp3) is 0.533. The van der Waals surface area contributed by atoms with E-state index in [2.05, 4.69) is 11.4 Å². The standard InChI is InChI=1S/C15H19NO2/c17-15(11-5-3-6-11)16-13-8-4-10-18-14-9-2-1-7-12(13)14/h1-2,7,9,11,13H,3-6,8,10H2,(H,16,17)/t13-/m1/s1. The molecule has 3 rings (SSSR count). The molecule has 1 saturated carbocycles. The van der Waals surface area contributed by atoms with E-state index < -0.39 is 0 Å². The zero-order valence-corrected chi connectivity index (χ0v) is 10.5. The lowest BCUT2D eigenvalue weighted by Gasteiger charge is -2.27. The second kappa shape index (κ2) is 5.01. The molecule has 0 radical (unpaired) electrons. The first-order valence-corrected chi connectivity index (χ1v) is 6.87. The molecule has 1 amide bonds. The second-order valence-electron chi connectivity index (χ2n) is 5.22. The van der Waals surface area contributed by atoms with Crippen molar-refractivity contribution in [3.63, 3.8) is 0 Å². The molecular weight excluding hydrogens is 226 g/mol. The number of ether oxygens (including phenoxy) is 1. The van der Waals surface area contributed by atoms with E-state index in [9.17, 15) is 4.79 Å². The van der Waals surface area contributed by atoms with E-state index in [4.69, 9.17) is 4.74 Å². The molecule has 1 aliphatic heterocycles. The van der Waals surface area contributed by atoms with E-state index in [0.717, 1.165) is 43.6 Å². The molecule has 1 aliphatic carbocycles. The molecule has 2 aliphatic rings. The molecule has 3 nitrogen and oxygen atoms in total. The minimum Gasteiger partial charge on any atom is -0.493 e. The van der Waals surface area contributed by atoms with Crippen LogP contribution < -0.4 is 10.1 Å². The molecule has 18 heavy (non-hydrogen) atoms. The Labute approximate surface area is 108 Å². The largest absolute Gasteiger partial charge is 0.493 e. The maximum atomic E-state index is 12.1. The summed E-state index contributed by atoms with van der Waals surface area (Å²) in [5.74, 6) is 1.40. The molecule has 1 atom stereocenters. The summed E-state index contributed by atoms with van der Waals surface area (Å²) in [6.07, 6.45) is 5.26. The topological polar surface area (TPSA) is 38.3 Å². The van der Waals surface area contributed by atoms with Crippen LogP contribution >= 0.6 is 0 Å². The molecule has 0 saturated heterocycles. The minimum atomic E-state index is 0.122. The molecule has 0 spiro atoms. The zero-order chi connectivity index (χ0) is 12.4. The van der Waals surface area contributed by atoms with Crippen molar-refractivity contribution in [1.82, 2.24) is 5.32 Å². The van der Waals surface area contributed by atoms with Crippen molar-refractivity contribution in [3.8, 4) is 5.75 Å². The molecule has 3 heteroatoms. The minimum absolute atomic E-state index is 0.122. The molecule has 0 aromatic heterocycles. The van der Waals surface area contributed by atoms with Gasteiger partial charge in [0.05, 0.1) is 12.6 Å². The van der Waals surface area contributed by atoms with Gasteiger partial charge in [-0.2, -0.15) is 0 Å². The SMILES string of the molecule is O=C(N[C@@H]1CCCOc2ccccc21)C1CCC1. The van der Waals surface area contributed by atoms with Gasteiger partial charge in [0.1, 0.15) is 5.75 Å². The first-order valence-electron chi connectivity index (χ1n) is 6.87. The van der Waals surface area contributed by atoms with Crippen LogP contribution in [0.1, 0.15) is 43.7 Å². The maximum Gasteiger partial charge on any atom is 0.223 e. The van der Waals surface area contributed by atoms with Gasteiger partial charge in [-0.1, -0.05) is 24.6 Å². The number of amides is 1. The number of benzene rings is 1. The van der Waals surface area contributed by atoms with Crippen LogP contribution in [0.5, 0.6) is 5.75 Å². The van der Waals surface area contributed by atoms with Gasteiger partial charge in [-0.05, 0) is 31.7 Å². The van der Waals surface area contributed by atoms with Crippen molar-refractivity contribution in [1.29, 1.82) is 0 Å². The number of para-hydroxylation sites is 1. The predicted octanol–water partition coefficient (Wildman–Crippen LogP) is 2.82. The third-order valence-corrected chi connectivity index (χ3v) is 3.98.